The van der Waals surface area contributed by atoms with Gasteiger partial charge in [-0.15, -0.1) is 12.4 Å². The van der Waals surface area contributed by atoms with Gasteiger partial charge >= 0.3 is 5.63 Å². The van der Waals surface area contributed by atoms with Gasteiger partial charge in [0.05, 0.1) is 4.70 Å². The lowest BCUT2D eigenvalue weighted by Crippen LogP contribution is -2.48. The Bertz CT molecular complexity index is 1400. The lowest BCUT2D eigenvalue weighted by Gasteiger charge is -2.34. The Balaban J connectivity index is 0.00000274. The molecule has 0 saturated carbocycles. The Morgan fingerprint density at radius 1 is 1.12 bits per heavy atom. The molecule has 0 unspecified atom stereocenters. The number of carbonyl (C=O) groups is 1. The van der Waals surface area contributed by atoms with Crippen LogP contribution in [0.25, 0.3) is 21.2 Å². The Kier molecular flexibility index (Phi) is 7.11. The third-order valence-corrected chi connectivity index (χ3v) is 6.71. The minimum absolute atomic E-state index is 0. The van der Waals surface area contributed by atoms with Crippen molar-refractivity contribution >= 4 is 56.0 Å². The number of rotatable bonds is 5. The van der Waals surface area contributed by atoms with E-state index in [0.717, 1.165) is 19.2 Å². The highest BCUT2D eigenvalue weighted by atomic mass is 35.5. The summed E-state index contributed by atoms with van der Waals surface area (Å²) in [6, 6.07) is 10.7. The summed E-state index contributed by atoms with van der Waals surface area (Å²) in [6.45, 7) is 3.86. The van der Waals surface area contributed by atoms with Crippen LogP contribution >= 0.6 is 23.7 Å². The molecule has 4 aromatic rings. The average Bonchev–Trinajstić information content (AvgIpc) is 3.23. The second-order valence-electron chi connectivity index (χ2n) is 7.80. The van der Waals surface area contributed by atoms with Crippen LogP contribution in [-0.2, 0) is 0 Å². The highest BCUT2D eigenvalue weighted by Gasteiger charge is 2.21. The molecule has 0 aliphatic carbocycles. The molecule has 1 saturated heterocycles. The van der Waals surface area contributed by atoms with Gasteiger partial charge in [-0.25, -0.2) is 18.6 Å². The first-order valence-electron chi connectivity index (χ1n) is 10.5. The van der Waals surface area contributed by atoms with E-state index in [1.54, 1.807) is 24.3 Å². The van der Waals surface area contributed by atoms with Crippen LogP contribution in [0.15, 0.2) is 51.7 Å². The van der Waals surface area contributed by atoms with Crippen molar-refractivity contribution in [1.82, 2.24) is 15.2 Å². The number of fused-ring (bicyclic) bond motifs is 2. The molecule has 178 valence electrons. The average molecular weight is 507 g/mol. The van der Waals surface area contributed by atoms with Gasteiger partial charge in [-0.1, -0.05) is 29.5 Å². The number of carbonyl (C=O) groups excluding carboxylic acids is 1. The van der Waals surface area contributed by atoms with Crippen molar-refractivity contribution in [3.63, 3.8) is 0 Å². The molecule has 0 atom stereocenters. The van der Waals surface area contributed by atoms with Crippen LogP contribution in [-0.4, -0.2) is 55.1 Å². The second kappa shape index (κ2) is 10.0. The summed E-state index contributed by atoms with van der Waals surface area (Å²) in [6.07, 6.45) is 0. The lowest BCUT2D eigenvalue weighted by atomic mass is 10.2. The minimum atomic E-state index is -0.660. The van der Waals surface area contributed by atoms with Gasteiger partial charge < -0.3 is 14.6 Å². The first-order chi connectivity index (χ1) is 16.0. The fraction of sp³-hybridized carbons (Fsp3) is 0.261. The number of para-hydroxylation sites is 1. The smallest absolute Gasteiger partial charge is 0.349 e. The van der Waals surface area contributed by atoms with Gasteiger partial charge in [0, 0.05) is 50.7 Å². The molecular weight excluding hydrogens is 486 g/mol. The normalized spacial score (nSPS) is 14.4. The summed E-state index contributed by atoms with van der Waals surface area (Å²) in [7, 11) is 0. The third-order valence-electron chi connectivity index (χ3n) is 5.64. The molecule has 2 aromatic heterocycles. The van der Waals surface area contributed by atoms with E-state index in [9.17, 15) is 18.4 Å². The molecule has 1 N–H and O–H groups in total. The third kappa shape index (κ3) is 4.89. The van der Waals surface area contributed by atoms with E-state index < -0.39 is 23.2 Å². The van der Waals surface area contributed by atoms with E-state index in [4.69, 9.17) is 4.42 Å². The largest absolute Gasteiger partial charge is 0.422 e. The number of nitrogens with one attached hydrogen (secondary N) is 1. The van der Waals surface area contributed by atoms with Crippen molar-refractivity contribution in [3.8, 4) is 0 Å². The fourth-order valence-electron chi connectivity index (χ4n) is 3.89. The molecule has 11 heteroatoms. The summed E-state index contributed by atoms with van der Waals surface area (Å²) >= 11 is 1.28. The van der Waals surface area contributed by atoms with Gasteiger partial charge in [0.2, 0.25) is 0 Å². The van der Waals surface area contributed by atoms with Crippen LogP contribution in [0.4, 0.5) is 13.9 Å². The predicted octanol–water partition coefficient (Wildman–Crippen LogP) is 3.65. The number of nitrogens with zero attached hydrogens (tertiary/aromatic N) is 3. The Morgan fingerprint density at radius 3 is 2.68 bits per heavy atom. The number of piperazine rings is 1. The monoisotopic (exact) mass is 506 g/mol. The van der Waals surface area contributed by atoms with Crippen LogP contribution in [0.5, 0.6) is 0 Å². The molecule has 1 amide bonds. The summed E-state index contributed by atoms with van der Waals surface area (Å²) in [5.41, 5.74) is -0.0392. The zero-order chi connectivity index (χ0) is 22.9. The summed E-state index contributed by atoms with van der Waals surface area (Å²) < 4.78 is 33.1. The Labute approximate surface area is 203 Å². The van der Waals surface area contributed by atoms with Crippen molar-refractivity contribution in [3.05, 3.63) is 70.1 Å². The van der Waals surface area contributed by atoms with E-state index >= 15 is 0 Å². The van der Waals surface area contributed by atoms with Gasteiger partial charge in [-0.05, 0) is 18.2 Å². The van der Waals surface area contributed by atoms with Crippen LogP contribution in [0.1, 0.15) is 10.4 Å². The van der Waals surface area contributed by atoms with Crippen LogP contribution in [0.2, 0.25) is 0 Å². The number of benzene rings is 2. The zero-order valence-corrected chi connectivity index (χ0v) is 19.6. The van der Waals surface area contributed by atoms with Crippen molar-refractivity contribution in [2.45, 2.75) is 0 Å². The quantitative estimate of drug-likeness (QED) is 0.416. The zero-order valence-electron chi connectivity index (χ0n) is 17.9. The highest BCUT2D eigenvalue weighted by molar-refractivity contribution is 7.22. The van der Waals surface area contributed by atoms with E-state index in [1.807, 2.05) is 6.07 Å². The van der Waals surface area contributed by atoms with Gasteiger partial charge in [0.25, 0.3) is 5.91 Å². The number of hydrogen-bond acceptors (Lipinski definition) is 7. The van der Waals surface area contributed by atoms with E-state index in [2.05, 4.69) is 20.1 Å². The Morgan fingerprint density at radius 2 is 1.88 bits per heavy atom. The maximum absolute atomic E-state index is 13.9. The molecule has 2 aromatic carbocycles. The van der Waals surface area contributed by atoms with Crippen LogP contribution in [0, 0.1) is 11.6 Å². The standard InChI is InChI=1S/C23H20F2N4O3S.ClH/c24-15-12-17(25)20-19(13-15)33-23(27-20)29-9-7-28(8-10-29)6-5-26-21(30)16-11-14-3-1-2-4-18(14)32-22(16)31;/h1-4,11-13H,5-10H2,(H,26,30);1H. The van der Waals surface area contributed by atoms with Gasteiger partial charge in [-0.3, -0.25) is 9.69 Å². The summed E-state index contributed by atoms with van der Waals surface area (Å²) in [5, 5.41) is 4.14. The number of anilines is 1. The molecule has 0 radical (unpaired) electrons. The molecule has 1 aliphatic rings. The molecular formula is C23H21ClF2N4O3S. The van der Waals surface area contributed by atoms with Crippen molar-refractivity contribution in [1.29, 1.82) is 0 Å². The predicted molar refractivity (Wildman–Crippen MR) is 130 cm³/mol. The molecule has 3 heterocycles. The van der Waals surface area contributed by atoms with Crippen molar-refractivity contribution in [2.24, 2.45) is 0 Å². The first-order valence-corrected chi connectivity index (χ1v) is 11.3. The van der Waals surface area contributed by atoms with E-state index in [1.165, 1.54) is 17.4 Å². The van der Waals surface area contributed by atoms with Gasteiger partial charge in [0.15, 0.2) is 10.9 Å². The fourth-order valence-corrected chi connectivity index (χ4v) is 4.94. The summed E-state index contributed by atoms with van der Waals surface area (Å²) in [5.74, 6) is -1.72. The molecule has 1 aliphatic heterocycles. The maximum Gasteiger partial charge on any atom is 0.349 e. The molecule has 0 bridgehead atoms. The van der Waals surface area contributed by atoms with E-state index in [0.29, 0.717) is 47.0 Å². The maximum atomic E-state index is 13.9. The second-order valence-corrected chi connectivity index (χ2v) is 8.81. The van der Waals surface area contributed by atoms with Gasteiger partial charge in [-0.2, -0.15) is 0 Å². The minimum Gasteiger partial charge on any atom is -0.422 e. The summed E-state index contributed by atoms with van der Waals surface area (Å²) in [4.78, 5) is 33.2. The number of hydrogen-bond donors (Lipinski definition) is 1. The molecule has 5 rings (SSSR count). The number of thiazole rings is 1. The highest BCUT2D eigenvalue weighted by Crippen LogP contribution is 2.31. The molecule has 7 nitrogen and oxygen atoms in total. The van der Waals surface area contributed by atoms with Crippen LogP contribution in [0.3, 0.4) is 0 Å². The Hall–Kier alpha value is -3.08. The topological polar surface area (TPSA) is 78.7 Å². The van der Waals surface area contributed by atoms with E-state index in [-0.39, 0.29) is 23.5 Å². The number of aromatic nitrogens is 1. The molecule has 0 spiro atoms. The van der Waals surface area contributed by atoms with Crippen molar-refractivity contribution in [2.75, 3.05) is 44.2 Å². The SMILES string of the molecule is Cl.O=C(NCCN1CCN(c2nc3c(F)cc(F)cc3s2)CC1)c1cc2ccccc2oc1=O. The van der Waals surface area contributed by atoms with Gasteiger partial charge in [0.1, 0.15) is 22.5 Å². The first kappa shape index (κ1) is 24.1. The molecule has 1 fully saturated rings. The van der Waals surface area contributed by atoms with Crippen molar-refractivity contribution < 1.29 is 18.0 Å². The number of amides is 1. The van der Waals surface area contributed by atoms with Crippen LogP contribution < -0.4 is 15.8 Å². The molecule has 34 heavy (non-hydrogen) atoms. The lowest BCUT2D eigenvalue weighted by molar-refractivity contribution is 0.0944. The number of halogens is 3.